The summed E-state index contributed by atoms with van der Waals surface area (Å²) in [5.41, 5.74) is 2.54. The number of carbonyl (C=O) groups is 1. The second kappa shape index (κ2) is 8.68. The summed E-state index contributed by atoms with van der Waals surface area (Å²) < 4.78 is 0. The first-order chi connectivity index (χ1) is 14.5. The second-order valence-corrected chi connectivity index (χ2v) is 8.02. The first-order valence-corrected chi connectivity index (χ1v) is 10.5. The van der Waals surface area contributed by atoms with Gasteiger partial charge in [0.15, 0.2) is 5.13 Å². The molecule has 0 unspecified atom stereocenters. The predicted octanol–water partition coefficient (Wildman–Crippen LogP) is 4.73. The molecule has 1 fully saturated rings. The van der Waals surface area contributed by atoms with Crippen LogP contribution in [0.2, 0.25) is 5.02 Å². The van der Waals surface area contributed by atoms with E-state index in [4.69, 9.17) is 11.6 Å². The fourth-order valence-corrected chi connectivity index (χ4v) is 4.04. The highest BCUT2D eigenvalue weighted by Gasteiger charge is 2.22. The molecule has 2 amide bonds. The number of thiazole rings is 1. The Bertz CT molecular complexity index is 1050. The molecule has 10 heteroatoms. The lowest BCUT2D eigenvalue weighted by molar-refractivity contribution is -0.384. The van der Waals surface area contributed by atoms with Gasteiger partial charge in [-0.15, -0.1) is 11.3 Å². The van der Waals surface area contributed by atoms with E-state index in [1.54, 1.807) is 17.0 Å². The number of halogens is 1. The van der Waals surface area contributed by atoms with Crippen molar-refractivity contribution in [1.82, 2.24) is 9.88 Å². The van der Waals surface area contributed by atoms with Crippen molar-refractivity contribution in [3.63, 3.8) is 0 Å². The van der Waals surface area contributed by atoms with Crippen molar-refractivity contribution in [2.24, 2.45) is 0 Å². The van der Waals surface area contributed by atoms with E-state index in [0.29, 0.717) is 28.9 Å². The summed E-state index contributed by atoms with van der Waals surface area (Å²) in [6.07, 6.45) is 0. The summed E-state index contributed by atoms with van der Waals surface area (Å²) in [5, 5.41) is 16.6. The third-order valence-corrected chi connectivity index (χ3v) is 5.86. The minimum absolute atomic E-state index is 0.0280. The lowest BCUT2D eigenvalue weighted by Crippen LogP contribution is -2.50. The van der Waals surface area contributed by atoms with Crippen LogP contribution in [-0.2, 0) is 0 Å². The van der Waals surface area contributed by atoms with Gasteiger partial charge in [0.1, 0.15) is 0 Å². The number of nitro benzene ring substituents is 1. The maximum Gasteiger partial charge on any atom is 0.323 e. The van der Waals surface area contributed by atoms with Gasteiger partial charge in [0.25, 0.3) is 5.69 Å². The Morgan fingerprint density at radius 1 is 1.07 bits per heavy atom. The average molecular weight is 444 g/mol. The van der Waals surface area contributed by atoms with E-state index in [9.17, 15) is 14.9 Å². The molecule has 2 aromatic carbocycles. The number of nitro groups is 1. The summed E-state index contributed by atoms with van der Waals surface area (Å²) in [4.78, 5) is 31.3. The zero-order valence-corrected chi connectivity index (χ0v) is 17.4. The van der Waals surface area contributed by atoms with Crippen LogP contribution in [0.3, 0.4) is 0 Å². The summed E-state index contributed by atoms with van der Waals surface area (Å²) >= 11 is 7.26. The topological polar surface area (TPSA) is 91.6 Å². The predicted molar refractivity (Wildman–Crippen MR) is 118 cm³/mol. The number of urea groups is 1. The van der Waals surface area contributed by atoms with Gasteiger partial charge in [-0.2, -0.15) is 0 Å². The van der Waals surface area contributed by atoms with E-state index >= 15 is 0 Å². The molecule has 2 heterocycles. The van der Waals surface area contributed by atoms with Gasteiger partial charge in [0.2, 0.25) is 0 Å². The Morgan fingerprint density at radius 2 is 1.73 bits per heavy atom. The normalized spacial score (nSPS) is 13.9. The summed E-state index contributed by atoms with van der Waals surface area (Å²) in [5.74, 6) is 0. The van der Waals surface area contributed by atoms with Crippen LogP contribution in [0.4, 0.5) is 21.3 Å². The van der Waals surface area contributed by atoms with E-state index in [-0.39, 0.29) is 11.7 Å². The minimum atomic E-state index is -0.441. The molecule has 3 aromatic rings. The van der Waals surface area contributed by atoms with Crippen molar-refractivity contribution in [3.05, 3.63) is 69.0 Å². The highest BCUT2D eigenvalue weighted by molar-refractivity contribution is 7.14. The van der Waals surface area contributed by atoms with Crippen molar-refractivity contribution in [1.29, 1.82) is 0 Å². The molecule has 154 valence electrons. The van der Waals surface area contributed by atoms with Gasteiger partial charge in [-0.05, 0) is 36.4 Å². The molecule has 1 aliphatic rings. The molecule has 0 saturated carbocycles. The van der Waals surface area contributed by atoms with Gasteiger partial charge in [-0.1, -0.05) is 11.6 Å². The zero-order valence-electron chi connectivity index (χ0n) is 15.8. The molecule has 1 aromatic heterocycles. The van der Waals surface area contributed by atoms with Crippen LogP contribution in [-0.4, -0.2) is 47.0 Å². The average Bonchev–Trinajstić information content (AvgIpc) is 3.23. The smallest absolute Gasteiger partial charge is 0.323 e. The highest BCUT2D eigenvalue weighted by atomic mass is 35.5. The fourth-order valence-electron chi connectivity index (χ4n) is 3.21. The van der Waals surface area contributed by atoms with Crippen molar-refractivity contribution < 1.29 is 9.72 Å². The van der Waals surface area contributed by atoms with Crippen LogP contribution in [0, 0.1) is 10.1 Å². The number of anilines is 2. The maximum atomic E-state index is 12.6. The molecular weight excluding hydrogens is 426 g/mol. The van der Waals surface area contributed by atoms with Gasteiger partial charge in [0, 0.05) is 60.0 Å². The number of nitrogens with one attached hydrogen (secondary N) is 1. The second-order valence-electron chi connectivity index (χ2n) is 6.72. The largest absolute Gasteiger partial charge is 0.368 e. The minimum Gasteiger partial charge on any atom is -0.368 e. The van der Waals surface area contributed by atoms with Gasteiger partial charge in [-0.3, -0.25) is 15.4 Å². The maximum absolute atomic E-state index is 12.6. The lowest BCUT2D eigenvalue weighted by atomic mass is 10.1. The standard InChI is InChI=1S/C20H18ClN5O3S/c21-15-3-7-16(8-4-15)24-9-11-25(12-10-24)20(27)23-19-22-18(13-30-19)14-1-5-17(6-2-14)26(28)29/h1-8,13H,9-12H2,(H,22,23,27). The Balaban J connectivity index is 1.33. The van der Waals surface area contributed by atoms with Crippen molar-refractivity contribution in [3.8, 4) is 11.3 Å². The molecule has 8 nitrogen and oxygen atoms in total. The number of piperazine rings is 1. The number of amides is 2. The summed E-state index contributed by atoms with van der Waals surface area (Å²) in [6, 6.07) is 13.7. The Labute approximate surface area is 181 Å². The van der Waals surface area contributed by atoms with Crippen LogP contribution in [0.5, 0.6) is 0 Å². The van der Waals surface area contributed by atoms with Gasteiger partial charge < -0.3 is 9.80 Å². The van der Waals surface area contributed by atoms with E-state index in [1.165, 1.54) is 23.5 Å². The number of non-ortho nitro benzene ring substituents is 1. The van der Waals surface area contributed by atoms with E-state index < -0.39 is 4.92 Å². The van der Waals surface area contributed by atoms with Crippen molar-refractivity contribution in [2.75, 3.05) is 36.4 Å². The summed E-state index contributed by atoms with van der Waals surface area (Å²) in [6.45, 7) is 2.69. The number of nitrogens with zero attached hydrogens (tertiary/aromatic N) is 4. The first-order valence-electron chi connectivity index (χ1n) is 9.26. The third-order valence-electron chi connectivity index (χ3n) is 4.85. The molecular formula is C20H18ClN5O3S. The Morgan fingerprint density at radius 3 is 2.37 bits per heavy atom. The van der Waals surface area contributed by atoms with Crippen molar-refractivity contribution >= 4 is 45.5 Å². The molecule has 0 radical (unpaired) electrons. The van der Waals surface area contributed by atoms with Crippen LogP contribution >= 0.6 is 22.9 Å². The summed E-state index contributed by atoms with van der Waals surface area (Å²) in [7, 11) is 0. The molecule has 4 rings (SSSR count). The number of hydrogen-bond acceptors (Lipinski definition) is 6. The number of aromatic nitrogens is 1. The zero-order chi connectivity index (χ0) is 21.1. The number of hydrogen-bond donors (Lipinski definition) is 1. The van der Waals surface area contributed by atoms with Crippen molar-refractivity contribution in [2.45, 2.75) is 0 Å². The van der Waals surface area contributed by atoms with Crippen LogP contribution < -0.4 is 10.2 Å². The Kier molecular flexibility index (Phi) is 5.82. The molecule has 1 N–H and O–H groups in total. The molecule has 1 saturated heterocycles. The van der Waals surface area contributed by atoms with Gasteiger partial charge in [-0.25, -0.2) is 9.78 Å². The number of carbonyl (C=O) groups excluding carboxylic acids is 1. The van der Waals surface area contributed by atoms with Crippen LogP contribution in [0.25, 0.3) is 11.3 Å². The fraction of sp³-hybridized carbons (Fsp3) is 0.200. The van der Waals surface area contributed by atoms with E-state index in [1.807, 2.05) is 29.6 Å². The molecule has 1 aliphatic heterocycles. The Hall–Kier alpha value is -3.17. The lowest BCUT2D eigenvalue weighted by Gasteiger charge is -2.35. The van der Waals surface area contributed by atoms with E-state index in [2.05, 4.69) is 15.2 Å². The first kappa shape index (κ1) is 20.1. The molecule has 0 atom stereocenters. The molecule has 0 spiro atoms. The quantitative estimate of drug-likeness (QED) is 0.465. The SMILES string of the molecule is O=C(Nc1nc(-c2ccc([N+](=O)[O-])cc2)cs1)N1CCN(c2ccc(Cl)cc2)CC1. The molecule has 30 heavy (non-hydrogen) atoms. The third kappa shape index (κ3) is 4.52. The number of benzene rings is 2. The van der Waals surface area contributed by atoms with E-state index in [0.717, 1.165) is 24.3 Å². The van der Waals surface area contributed by atoms with Crippen LogP contribution in [0.15, 0.2) is 53.9 Å². The monoisotopic (exact) mass is 443 g/mol. The van der Waals surface area contributed by atoms with Gasteiger partial charge in [0.05, 0.1) is 10.6 Å². The highest BCUT2D eigenvalue weighted by Crippen LogP contribution is 2.27. The number of rotatable bonds is 4. The van der Waals surface area contributed by atoms with Crippen LogP contribution in [0.1, 0.15) is 0 Å². The molecule has 0 bridgehead atoms. The molecule has 0 aliphatic carbocycles. The van der Waals surface area contributed by atoms with Gasteiger partial charge >= 0.3 is 6.03 Å².